The van der Waals surface area contributed by atoms with Gasteiger partial charge in [-0.3, -0.25) is 9.69 Å². The zero-order valence-electron chi connectivity index (χ0n) is 11.3. The maximum absolute atomic E-state index is 11.9. The predicted molar refractivity (Wildman–Crippen MR) is 75.0 cm³/mol. The Bertz CT molecular complexity index is 414. The lowest BCUT2D eigenvalue weighted by molar-refractivity contribution is 0.0951. The minimum atomic E-state index is -0.0586. The van der Waals surface area contributed by atoms with Gasteiger partial charge >= 0.3 is 0 Å². The normalized spacial score (nSPS) is 15.6. The van der Waals surface area contributed by atoms with E-state index in [4.69, 9.17) is 5.11 Å². The van der Waals surface area contributed by atoms with Crippen molar-refractivity contribution in [1.82, 2.24) is 10.2 Å². The third-order valence-electron chi connectivity index (χ3n) is 3.41. The van der Waals surface area contributed by atoms with E-state index >= 15 is 0 Å². The first-order chi connectivity index (χ1) is 9.29. The molecule has 0 atom stereocenters. The van der Waals surface area contributed by atoms with Crippen molar-refractivity contribution in [3.8, 4) is 0 Å². The molecular formula is C15H22N2O2. The van der Waals surface area contributed by atoms with E-state index in [-0.39, 0.29) is 12.5 Å². The van der Waals surface area contributed by atoms with Crippen LogP contribution in [0.25, 0.3) is 0 Å². The summed E-state index contributed by atoms with van der Waals surface area (Å²) in [5.41, 5.74) is 1.89. The molecule has 0 saturated carbocycles. The monoisotopic (exact) mass is 262 g/mol. The van der Waals surface area contributed by atoms with Gasteiger partial charge in [-0.1, -0.05) is 12.1 Å². The average molecular weight is 262 g/mol. The molecular weight excluding hydrogens is 240 g/mol. The topological polar surface area (TPSA) is 52.6 Å². The van der Waals surface area contributed by atoms with Gasteiger partial charge in [0.2, 0.25) is 0 Å². The van der Waals surface area contributed by atoms with Crippen molar-refractivity contribution in [2.24, 2.45) is 0 Å². The number of rotatable bonds is 6. The lowest BCUT2D eigenvalue weighted by Gasteiger charge is -2.15. The van der Waals surface area contributed by atoms with E-state index in [1.54, 1.807) is 0 Å². The Hall–Kier alpha value is -1.39. The largest absolute Gasteiger partial charge is 0.396 e. The van der Waals surface area contributed by atoms with E-state index < -0.39 is 0 Å². The summed E-state index contributed by atoms with van der Waals surface area (Å²) in [6.07, 6.45) is 3.15. The van der Waals surface area contributed by atoms with Crippen molar-refractivity contribution in [2.75, 3.05) is 26.2 Å². The highest BCUT2D eigenvalue weighted by atomic mass is 16.3. The van der Waals surface area contributed by atoms with Crippen LogP contribution in [-0.4, -0.2) is 42.2 Å². The highest BCUT2D eigenvalue weighted by Gasteiger charge is 2.12. The number of hydrogen-bond donors (Lipinski definition) is 2. The molecule has 2 rings (SSSR count). The van der Waals surface area contributed by atoms with Gasteiger partial charge < -0.3 is 10.4 Å². The quantitative estimate of drug-likeness (QED) is 0.762. The van der Waals surface area contributed by atoms with Gasteiger partial charge in [-0.15, -0.1) is 0 Å². The maximum Gasteiger partial charge on any atom is 0.251 e. The summed E-state index contributed by atoms with van der Waals surface area (Å²) in [7, 11) is 0. The second-order valence-electron chi connectivity index (χ2n) is 5.02. The van der Waals surface area contributed by atoms with Crippen LogP contribution >= 0.6 is 0 Å². The predicted octanol–water partition coefficient (Wildman–Crippen LogP) is 1.39. The second kappa shape index (κ2) is 7.26. The van der Waals surface area contributed by atoms with Crippen LogP contribution in [0.15, 0.2) is 24.3 Å². The number of nitrogens with zero attached hydrogens (tertiary/aromatic N) is 1. The molecule has 0 aromatic heterocycles. The van der Waals surface area contributed by atoms with Crippen LogP contribution in [0, 0.1) is 0 Å². The molecule has 0 unspecified atom stereocenters. The van der Waals surface area contributed by atoms with Crippen molar-refractivity contribution in [3.63, 3.8) is 0 Å². The van der Waals surface area contributed by atoms with Crippen LogP contribution in [-0.2, 0) is 6.54 Å². The third-order valence-corrected chi connectivity index (χ3v) is 3.41. The molecule has 4 heteroatoms. The molecule has 1 aromatic rings. The standard InChI is InChI=1S/C15H22N2O2/c18-10-4-7-16-15(19)14-6-3-5-13(11-14)12-17-8-1-2-9-17/h3,5-6,11,18H,1-2,4,7-10,12H2,(H,16,19). The second-order valence-corrected chi connectivity index (χ2v) is 5.02. The van der Waals surface area contributed by atoms with Crippen LogP contribution in [0.5, 0.6) is 0 Å². The van der Waals surface area contributed by atoms with Gasteiger partial charge in [0.25, 0.3) is 5.91 Å². The summed E-state index contributed by atoms with van der Waals surface area (Å²) < 4.78 is 0. The van der Waals surface area contributed by atoms with Crippen molar-refractivity contribution in [2.45, 2.75) is 25.8 Å². The minimum absolute atomic E-state index is 0.0586. The molecule has 4 nitrogen and oxygen atoms in total. The molecule has 0 aliphatic carbocycles. The van der Waals surface area contributed by atoms with Gasteiger partial charge in [-0.05, 0) is 50.0 Å². The fourth-order valence-corrected chi connectivity index (χ4v) is 2.39. The maximum atomic E-state index is 11.9. The fraction of sp³-hybridized carbons (Fsp3) is 0.533. The van der Waals surface area contributed by atoms with Crippen LogP contribution < -0.4 is 5.32 Å². The fourth-order valence-electron chi connectivity index (χ4n) is 2.39. The summed E-state index contributed by atoms with van der Waals surface area (Å²) in [6.45, 7) is 3.87. The number of hydrogen-bond acceptors (Lipinski definition) is 3. The molecule has 19 heavy (non-hydrogen) atoms. The number of carbonyl (C=O) groups is 1. The van der Waals surface area contributed by atoms with Crippen LogP contribution in [0.2, 0.25) is 0 Å². The first-order valence-corrected chi connectivity index (χ1v) is 7.00. The molecule has 1 fully saturated rings. The Morgan fingerprint density at radius 1 is 1.32 bits per heavy atom. The van der Waals surface area contributed by atoms with E-state index in [2.05, 4.69) is 16.3 Å². The molecule has 0 spiro atoms. The summed E-state index contributed by atoms with van der Waals surface area (Å²) in [5.74, 6) is -0.0586. The number of carbonyl (C=O) groups excluding carboxylic acids is 1. The first kappa shape index (κ1) is 14.0. The lowest BCUT2D eigenvalue weighted by atomic mass is 10.1. The Kier molecular flexibility index (Phi) is 5.36. The van der Waals surface area contributed by atoms with E-state index in [0.29, 0.717) is 18.5 Å². The minimum Gasteiger partial charge on any atom is -0.396 e. The molecule has 1 saturated heterocycles. The van der Waals surface area contributed by atoms with Crippen LogP contribution in [0.3, 0.4) is 0 Å². The van der Waals surface area contributed by atoms with Gasteiger partial charge in [0.1, 0.15) is 0 Å². The Balaban J connectivity index is 1.91. The van der Waals surface area contributed by atoms with Gasteiger partial charge in [-0.25, -0.2) is 0 Å². The molecule has 1 aliphatic rings. The van der Waals surface area contributed by atoms with Gasteiger partial charge in [0.05, 0.1) is 0 Å². The number of aliphatic hydroxyl groups is 1. The molecule has 1 aliphatic heterocycles. The van der Waals surface area contributed by atoms with E-state index in [1.807, 2.05) is 18.2 Å². The number of likely N-dealkylation sites (tertiary alicyclic amines) is 1. The van der Waals surface area contributed by atoms with Crippen molar-refractivity contribution in [1.29, 1.82) is 0 Å². The number of nitrogens with one attached hydrogen (secondary N) is 1. The van der Waals surface area contributed by atoms with Crippen molar-refractivity contribution < 1.29 is 9.90 Å². The van der Waals surface area contributed by atoms with Crippen molar-refractivity contribution >= 4 is 5.91 Å². The van der Waals surface area contributed by atoms with Gasteiger partial charge in [0, 0.05) is 25.3 Å². The van der Waals surface area contributed by atoms with Gasteiger partial charge in [0.15, 0.2) is 0 Å². The first-order valence-electron chi connectivity index (χ1n) is 7.00. The summed E-state index contributed by atoms with van der Waals surface area (Å²) >= 11 is 0. The average Bonchev–Trinajstić information content (AvgIpc) is 2.92. The summed E-state index contributed by atoms with van der Waals surface area (Å²) in [6, 6.07) is 7.81. The molecule has 0 bridgehead atoms. The molecule has 104 valence electrons. The Morgan fingerprint density at radius 3 is 2.84 bits per heavy atom. The lowest BCUT2D eigenvalue weighted by Crippen LogP contribution is -2.25. The molecule has 0 radical (unpaired) electrons. The summed E-state index contributed by atoms with van der Waals surface area (Å²) in [4.78, 5) is 14.3. The van der Waals surface area contributed by atoms with Crippen molar-refractivity contribution in [3.05, 3.63) is 35.4 Å². The number of benzene rings is 1. The SMILES string of the molecule is O=C(NCCCO)c1cccc(CN2CCCC2)c1. The smallest absolute Gasteiger partial charge is 0.251 e. The zero-order valence-corrected chi connectivity index (χ0v) is 11.3. The number of amides is 1. The highest BCUT2D eigenvalue weighted by Crippen LogP contribution is 2.13. The zero-order chi connectivity index (χ0) is 13.5. The highest BCUT2D eigenvalue weighted by molar-refractivity contribution is 5.94. The van der Waals surface area contributed by atoms with E-state index in [1.165, 1.54) is 18.4 Å². The van der Waals surface area contributed by atoms with Crippen LogP contribution in [0.1, 0.15) is 35.2 Å². The van der Waals surface area contributed by atoms with Crippen LogP contribution in [0.4, 0.5) is 0 Å². The van der Waals surface area contributed by atoms with E-state index in [9.17, 15) is 4.79 Å². The summed E-state index contributed by atoms with van der Waals surface area (Å²) in [5, 5.41) is 11.5. The Labute approximate surface area is 114 Å². The molecule has 2 N–H and O–H groups in total. The number of aliphatic hydroxyl groups excluding tert-OH is 1. The molecule has 1 heterocycles. The molecule has 1 amide bonds. The van der Waals surface area contributed by atoms with E-state index in [0.717, 1.165) is 19.6 Å². The third kappa shape index (κ3) is 4.33. The van der Waals surface area contributed by atoms with Gasteiger partial charge in [-0.2, -0.15) is 0 Å². The Morgan fingerprint density at radius 2 is 2.11 bits per heavy atom. The molecule has 1 aromatic carbocycles.